The lowest BCUT2D eigenvalue weighted by Gasteiger charge is -2.12. The van der Waals surface area contributed by atoms with E-state index in [4.69, 9.17) is 32.6 Å². The number of halogens is 2. The maximum absolute atomic E-state index is 6.44. The number of rotatable bonds is 1. The molecule has 3 nitrogen and oxygen atoms in total. The number of hydrogen-bond acceptors (Lipinski definition) is 2. The minimum atomic E-state index is 0.471. The van der Waals surface area contributed by atoms with E-state index in [1.54, 1.807) is 6.07 Å². The van der Waals surface area contributed by atoms with Crippen LogP contribution < -0.4 is 0 Å². The zero-order chi connectivity index (χ0) is 17.8. The van der Waals surface area contributed by atoms with Crippen LogP contribution in [-0.4, -0.2) is 10.3 Å². The van der Waals surface area contributed by atoms with Crippen molar-refractivity contribution in [2.75, 3.05) is 0 Å². The molecule has 0 aliphatic carbocycles. The highest BCUT2D eigenvalue weighted by molar-refractivity contribution is 6.35. The first-order chi connectivity index (χ1) is 12.6. The zero-order valence-corrected chi connectivity index (χ0v) is 15.5. The maximum Gasteiger partial charge on any atom is 0.155 e. The fraction of sp³-hybridized carbons (Fsp3) is 0.0952. The number of aliphatic imine (C=N–C) groups is 1. The minimum Gasteiger partial charge on any atom is -0.454 e. The molecule has 0 spiro atoms. The van der Waals surface area contributed by atoms with Crippen molar-refractivity contribution in [3.63, 3.8) is 0 Å². The molecule has 0 radical (unpaired) electrons. The van der Waals surface area contributed by atoms with Gasteiger partial charge in [-0.2, -0.15) is 0 Å². The van der Waals surface area contributed by atoms with Crippen LogP contribution in [0.25, 0.3) is 16.7 Å². The third kappa shape index (κ3) is 2.39. The zero-order valence-electron chi connectivity index (χ0n) is 14.0. The van der Waals surface area contributed by atoms with Gasteiger partial charge in [-0.15, -0.1) is 0 Å². The smallest absolute Gasteiger partial charge is 0.155 e. The summed E-state index contributed by atoms with van der Waals surface area (Å²) in [7, 11) is 0. The van der Waals surface area contributed by atoms with Gasteiger partial charge in [0, 0.05) is 27.2 Å². The number of fused-ring (bicyclic) bond motifs is 4. The van der Waals surface area contributed by atoms with Gasteiger partial charge in [-0.3, -0.25) is 4.99 Å². The third-order valence-electron chi connectivity index (χ3n) is 4.69. The van der Waals surface area contributed by atoms with Gasteiger partial charge in [-0.05, 0) is 49.4 Å². The van der Waals surface area contributed by atoms with Crippen molar-refractivity contribution >= 4 is 39.9 Å². The highest BCUT2D eigenvalue weighted by Crippen LogP contribution is 2.33. The molecule has 1 aliphatic rings. The molecule has 0 N–H and O–H groups in total. The van der Waals surface area contributed by atoms with E-state index in [0.29, 0.717) is 16.6 Å². The lowest BCUT2D eigenvalue weighted by molar-refractivity contribution is 0.604. The Labute approximate surface area is 160 Å². The van der Waals surface area contributed by atoms with Crippen LogP contribution in [-0.2, 0) is 6.54 Å². The Hall–Kier alpha value is -2.49. The quantitative estimate of drug-likeness (QED) is 0.387. The van der Waals surface area contributed by atoms with Crippen molar-refractivity contribution in [3.05, 3.63) is 87.4 Å². The van der Waals surface area contributed by atoms with E-state index < -0.39 is 0 Å². The van der Waals surface area contributed by atoms with E-state index in [1.165, 1.54) is 5.56 Å². The molecule has 0 bridgehead atoms. The Morgan fingerprint density at radius 1 is 1.08 bits per heavy atom. The number of nitrogens with zero attached hydrogens (tertiary/aromatic N) is 2. The number of benzene rings is 2. The second-order valence-electron chi connectivity index (χ2n) is 6.47. The van der Waals surface area contributed by atoms with Gasteiger partial charge in [0.25, 0.3) is 0 Å². The average molecular weight is 381 g/mol. The van der Waals surface area contributed by atoms with E-state index in [-0.39, 0.29) is 0 Å². The third-order valence-corrected chi connectivity index (χ3v) is 5.24. The fourth-order valence-electron chi connectivity index (χ4n) is 3.47. The van der Waals surface area contributed by atoms with Crippen LogP contribution in [0.4, 0.5) is 0 Å². The fourth-order valence-corrected chi connectivity index (χ4v) is 4.01. The Morgan fingerprint density at radius 3 is 2.85 bits per heavy atom. The monoisotopic (exact) mass is 380 g/mol. The van der Waals surface area contributed by atoms with Gasteiger partial charge in [0.1, 0.15) is 11.3 Å². The van der Waals surface area contributed by atoms with Crippen LogP contribution in [0.1, 0.15) is 22.6 Å². The van der Waals surface area contributed by atoms with Crippen molar-refractivity contribution in [2.45, 2.75) is 13.5 Å². The van der Waals surface area contributed by atoms with E-state index in [0.717, 1.165) is 39.4 Å². The molecule has 0 unspecified atom stereocenters. The summed E-state index contributed by atoms with van der Waals surface area (Å²) in [6.07, 6.45) is 1.99. The molecule has 5 heteroatoms. The lowest BCUT2D eigenvalue weighted by atomic mass is 10.1. The Balaban J connectivity index is 1.73. The standard InChI is InChI=1S/C21H14Cl2N2O/c1-12-4-5-19-13(7-12)8-20(26-19)21-17-3-2-6-25(17)18-10-14(22)9-16(23)15(18)11-24-21/h2-10H,11H2,1H3. The Bertz CT molecular complexity index is 1200. The van der Waals surface area contributed by atoms with E-state index in [9.17, 15) is 0 Å². The molecule has 1 aliphatic heterocycles. The molecule has 0 saturated heterocycles. The molecule has 4 aromatic rings. The molecule has 2 aromatic heterocycles. The second kappa shape index (κ2) is 5.76. The van der Waals surface area contributed by atoms with Crippen LogP contribution in [0.15, 0.2) is 64.1 Å². The predicted molar refractivity (Wildman–Crippen MR) is 106 cm³/mol. The highest BCUT2D eigenvalue weighted by Gasteiger charge is 2.22. The van der Waals surface area contributed by atoms with Gasteiger partial charge in [-0.1, -0.05) is 34.8 Å². The lowest BCUT2D eigenvalue weighted by Crippen LogP contribution is -2.07. The SMILES string of the molecule is Cc1ccc2oc(C3=NCc4c(Cl)cc(Cl)cc4-n4cccc43)cc2c1. The van der Waals surface area contributed by atoms with Crippen LogP contribution >= 0.6 is 23.2 Å². The predicted octanol–water partition coefficient (Wildman–Crippen LogP) is 6.19. The van der Waals surface area contributed by atoms with Gasteiger partial charge in [-0.25, -0.2) is 0 Å². The first-order valence-electron chi connectivity index (χ1n) is 8.31. The summed E-state index contributed by atoms with van der Waals surface area (Å²) in [5.74, 6) is 0.751. The molecule has 3 heterocycles. The van der Waals surface area contributed by atoms with Crippen molar-refractivity contribution in [3.8, 4) is 5.69 Å². The molecule has 0 atom stereocenters. The minimum absolute atomic E-state index is 0.471. The normalized spacial score (nSPS) is 13.3. The highest BCUT2D eigenvalue weighted by atomic mass is 35.5. The molecular weight excluding hydrogens is 367 g/mol. The van der Waals surface area contributed by atoms with Gasteiger partial charge in [0.2, 0.25) is 0 Å². The summed E-state index contributed by atoms with van der Waals surface area (Å²) < 4.78 is 8.16. The van der Waals surface area contributed by atoms with Gasteiger partial charge < -0.3 is 8.98 Å². The second-order valence-corrected chi connectivity index (χ2v) is 7.31. The first kappa shape index (κ1) is 15.7. The van der Waals surface area contributed by atoms with Crippen molar-refractivity contribution in [2.24, 2.45) is 4.99 Å². The summed E-state index contributed by atoms with van der Waals surface area (Å²) in [5.41, 5.74) is 5.73. The maximum atomic E-state index is 6.44. The summed E-state index contributed by atoms with van der Waals surface area (Å²) in [4.78, 5) is 4.83. The number of hydrogen-bond donors (Lipinski definition) is 0. The van der Waals surface area contributed by atoms with E-state index >= 15 is 0 Å². The first-order valence-corrected chi connectivity index (χ1v) is 9.07. The average Bonchev–Trinajstić information content (AvgIpc) is 3.20. The molecular formula is C21H14Cl2N2O. The topological polar surface area (TPSA) is 30.4 Å². The molecule has 128 valence electrons. The van der Waals surface area contributed by atoms with E-state index in [2.05, 4.69) is 17.6 Å². The Morgan fingerprint density at radius 2 is 1.96 bits per heavy atom. The van der Waals surface area contributed by atoms with E-state index in [1.807, 2.05) is 42.6 Å². The summed E-state index contributed by atoms with van der Waals surface area (Å²) in [6, 6.07) is 15.9. The van der Waals surface area contributed by atoms with Crippen molar-refractivity contribution in [1.82, 2.24) is 4.57 Å². The number of aromatic nitrogens is 1. The van der Waals surface area contributed by atoms with Crippen LogP contribution in [0, 0.1) is 6.92 Å². The summed E-state index contributed by atoms with van der Waals surface area (Å²) in [5, 5.41) is 2.30. The molecule has 26 heavy (non-hydrogen) atoms. The van der Waals surface area contributed by atoms with Gasteiger partial charge >= 0.3 is 0 Å². The van der Waals surface area contributed by atoms with Gasteiger partial charge in [0.15, 0.2) is 5.76 Å². The van der Waals surface area contributed by atoms with Crippen molar-refractivity contribution in [1.29, 1.82) is 0 Å². The number of aryl methyl sites for hydroxylation is 1. The van der Waals surface area contributed by atoms with Crippen LogP contribution in [0.5, 0.6) is 0 Å². The summed E-state index contributed by atoms with van der Waals surface area (Å²) in [6.45, 7) is 2.54. The van der Waals surface area contributed by atoms with Crippen LogP contribution in [0.2, 0.25) is 10.0 Å². The number of furan rings is 1. The molecule has 0 amide bonds. The van der Waals surface area contributed by atoms with Crippen LogP contribution in [0.3, 0.4) is 0 Å². The molecule has 5 rings (SSSR count). The van der Waals surface area contributed by atoms with Gasteiger partial charge in [0.05, 0.1) is 17.9 Å². The molecule has 0 fully saturated rings. The van der Waals surface area contributed by atoms with Crippen molar-refractivity contribution < 1.29 is 4.42 Å². The largest absolute Gasteiger partial charge is 0.454 e. The molecule has 2 aromatic carbocycles. The Kier molecular flexibility index (Phi) is 3.49. The summed E-state index contributed by atoms with van der Waals surface area (Å²) >= 11 is 12.7. The molecule has 0 saturated carbocycles.